The minimum atomic E-state index is -0.781. The smallest absolute Gasteiger partial charge is 0.255 e. The lowest BCUT2D eigenvalue weighted by atomic mass is 10.2. The lowest BCUT2D eigenvalue weighted by molar-refractivity contribution is -0.509. The summed E-state index contributed by atoms with van der Waals surface area (Å²) in [6, 6.07) is 0.520. The van der Waals surface area contributed by atoms with E-state index in [1.165, 1.54) is 30.6 Å². The van der Waals surface area contributed by atoms with Crippen LogP contribution in [0.15, 0.2) is 47.1 Å². The molecule has 1 heterocycles. The van der Waals surface area contributed by atoms with E-state index in [1.807, 2.05) is 13.8 Å². The number of H-pyrrole nitrogens is 1. The quantitative estimate of drug-likeness (QED) is 0.660. The van der Waals surface area contributed by atoms with Gasteiger partial charge in [0.2, 0.25) is 11.5 Å². The van der Waals surface area contributed by atoms with E-state index in [2.05, 4.69) is 10.3 Å². The van der Waals surface area contributed by atoms with Gasteiger partial charge < -0.3 is 10.3 Å². The molecule has 1 amide bonds. The Labute approximate surface area is 127 Å². The van der Waals surface area contributed by atoms with Gasteiger partial charge in [0.15, 0.2) is 0 Å². The summed E-state index contributed by atoms with van der Waals surface area (Å²) in [5.74, 6) is -0.457. The first-order valence-electron chi connectivity index (χ1n) is 7.08. The number of amides is 1. The third-order valence-corrected chi connectivity index (χ3v) is 2.93. The number of carbonyl (C=O) groups excluding carboxylic acids is 1. The second kappa shape index (κ2) is 8.56. The van der Waals surface area contributed by atoms with Crippen LogP contribution in [0.1, 0.15) is 26.7 Å². The maximum absolute atomic E-state index is 12.0. The van der Waals surface area contributed by atoms with Crippen molar-refractivity contribution < 1.29 is 9.72 Å². The molecule has 2 rings (SSSR count). The zero-order valence-electron chi connectivity index (χ0n) is 12.5. The average Bonchev–Trinajstić information content (AvgIpc) is 2.78. The molecule has 7 heteroatoms. The van der Waals surface area contributed by atoms with Gasteiger partial charge in [0.25, 0.3) is 5.91 Å². The molecule has 0 aromatic carbocycles. The molecule has 0 aliphatic heterocycles. The molecular formula is C15H19N3O4. The summed E-state index contributed by atoms with van der Waals surface area (Å²) in [5, 5.41) is 13.2. The SMILES string of the molecule is CC.O=C(Nc1c[nH]ccc1=O)C1=CCCC([N+](=O)[O-])C=C1. The Balaban J connectivity index is 0.00000116. The molecule has 1 aliphatic carbocycles. The number of allylic oxidation sites excluding steroid dienone is 1. The highest BCUT2D eigenvalue weighted by atomic mass is 16.6. The molecule has 1 aliphatic rings. The van der Waals surface area contributed by atoms with Crippen LogP contribution in [0.3, 0.4) is 0 Å². The maximum Gasteiger partial charge on any atom is 0.255 e. The maximum atomic E-state index is 12.0. The number of nitro groups is 1. The number of aromatic amines is 1. The van der Waals surface area contributed by atoms with Crippen molar-refractivity contribution in [2.75, 3.05) is 5.32 Å². The Morgan fingerprint density at radius 2 is 2.18 bits per heavy atom. The van der Waals surface area contributed by atoms with Crippen molar-refractivity contribution in [1.82, 2.24) is 4.98 Å². The van der Waals surface area contributed by atoms with E-state index < -0.39 is 11.9 Å². The molecule has 0 fully saturated rings. The van der Waals surface area contributed by atoms with E-state index in [4.69, 9.17) is 0 Å². The van der Waals surface area contributed by atoms with Crippen LogP contribution in [0.2, 0.25) is 0 Å². The van der Waals surface area contributed by atoms with Crippen molar-refractivity contribution in [3.05, 3.63) is 62.6 Å². The molecule has 0 saturated heterocycles. The summed E-state index contributed by atoms with van der Waals surface area (Å²) < 4.78 is 0. The molecule has 118 valence electrons. The highest BCUT2D eigenvalue weighted by molar-refractivity contribution is 6.05. The summed E-state index contributed by atoms with van der Waals surface area (Å²) in [4.78, 5) is 36.5. The number of hydrogen-bond acceptors (Lipinski definition) is 4. The van der Waals surface area contributed by atoms with Crippen LogP contribution in [-0.4, -0.2) is 21.9 Å². The predicted octanol–water partition coefficient (Wildman–Crippen LogP) is 2.26. The van der Waals surface area contributed by atoms with Crippen LogP contribution in [0.25, 0.3) is 0 Å². The number of nitrogens with one attached hydrogen (secondary N) is 2. The topological polar surface area (TPSA) is 105 Å². The zero-order valence-corrected chi connectivity index (χ0v) is 12.5. The highest BCUT2D eigenvalue weighted by Crippen LogP contribution is 2.14. The van der Waals surface area contributed by atoms with Crippen LogP contribution < -0.4 is 10.7 Å². The molecule has 1 atom stereocenters. The van der Waals surface area contributed by atoms with E-state index in [0.717, 1.165) is 0 Å². The van der Waals surface area contributed by atoms with E-state index in [-0.39, 0.29) is 16.0 Å². The second-order valence-electron chi connectivity index (χ2n) is 4.33. The van der Waals surface area contributed by atoms with Gasteiger partial charge >= 0.3 is 0 Å². The van der Waals surface area contributed by atoms with Gasteiger partial charge in [-0.1, -0.05) is 19.9 Å². The monoisotopic (exact) mass is 305 g/mol. The van der Waals surface area contributed by atoms with E-state index in [0.29, 0.717) is 18.4 Å². The molecule has 22 heavy (non-hydrogen) atoms. The first kappa shape index (κ1) is 17.4. The zero-order chi connectivity index (χ0) is 16.5. The number of rotatable bonds is 3. The van der Waals surface area contributed by atoms with E-state index in [9.17, 15) is 19.7 Å². The first-order chi connectivity index (χ1) is 10.6. The Morgan fingerprint density at radius 3 is 2.82 bits per heavy atom. The summed E-state index contributed by atoms with van der Waals surface area (Å²) in [5.41, 5.74) is 0.151. The molecule has 7 nitrogen and oxygen atoms in total. The van der Waals surface area contributed by atoms with Gasteiger partial charge in [-0.25, -0.2) is 0 Å². The number of hydrogen-bond donors (Lipinski definition) is 2. The van der Waals surface area contributed by atoms with Crippen LogP contribution in [0.4, 0.5) is 5.69 Å². The lowest BCUT2D eigenvalue weighted by Gasteiger charge is -2.04. The van der Waals surface area contributed by atoms with Gasteiger partial charge in [0, 0.05) is 35.4 Å². The molecule has 0 saturated carbocycles. The van der Waals surface area contributed by atoms with Crippen molar-refractivity contribution in [3.8, 4) is 0 Å². The minimum Gasteiger partial charge on any atom is -0.366 e. The molecule has 1 aromatic rings. The van der Waals surface area contributed by atoms with Crippen molar-refractivity contribution in [2.24, 2.45) is 0 Å². The Morgan fingerprint density at radius 1 is 1.45 bits per heavy atom. The summed E-state index contributed by atoms with van der Waals surface area (Å²) in [7, 11) is 0. The van der Waals surface area contributed by atoms with Crippen molar-refractivity contribution in [1.29, 1.82) is 0 Å². The lowest BCUT2D eigenvalue weighted by Crippen LogP contribution is -2.19. The van der Waals surface area contributed by atoms with Crippen molar-refractivity contribution in [2.45, 2.75) is 32.7 Å². The van der Waals surface area contributed by atoms with Gasteiger partial charge in [-0.2, -0.15) is 0 Å². The first-order valence-corrected chi connectivity index (χ1v) is 7.08. The van der Waals surface area contributed by atoms with Crippen LogP contribution in [0.5, 0.6) is 0 Å². The predicted molar refractivity (Wildman–Crippen MR) is 84.3 cm³/mol. The van der Waals surface area contributed by atoms with Gasteiger partial charge in [0.05, 0.1) is 0 Å². The van der Waals surface area contributed by atoms with Crippen LogP contribution in [-0.2, 0) is 4.79 Å². The molecule has 1 unspecified atom stereocenters. The van der Waals surface area contributed by atoms with Crippen LogP contribution in [0, 0.1) is 10.1 Å². The fourth-order valence-electron chi connectivity index (χ4n) is 1.84. The summed E-state index contributed by atoms with van der Waals surface area (Å²) in [6.45, 7) is 4.00. The summed E-state index contributed by atoms with van der Waals surface area (Å²) in [6.07, 6.45) is 8.09. The van der Waals surface area contributed by atoms with Gasteiger partial charge in [0.1, 0.15) is 5.69 Å². The molecule has 0 bridgehead atoms. The van der Waals surface area contributed by atoms with Gasteiger partial charge in [-0.05, 0) is 18.6 Å². The number of nitrogens with zero attached hydrogens (tertiary/aromatic N) is 1. The molecule has 0 spiro atoms. The Hall–Kier alpha value is -2.70. The average molecular weight is 305 g/mol. The molecule has 1 aromatic heterocycles. The normalized spacial score (nSPS) is 16.6. The van der Waals surface area contributed by atoms with Crippen molar-refractivity contribution >= 4 is 11.6 Å². The molecule has 2 N–H and O–H groups in total. The minimum absolute atomic E-state index is 0.141. The number of aromatic nitrogens is 1. The summed E-state index contributed by atoms with van der Waals surface area (Å²) >= 11 is 0. The number of carbonyl (C=O) groups is 1. The second-order valence-corrected chi connectivity index (χ2v) is 4.33. The fraction of sp³-hybridized carbons (Fsp3) is 0.333. The van der Waals surface area contributed by atoms with Crippen LogP contribution >= 0.6 is 0 Å². The van der Waals surface area contributed by atoms with Gasteiger partial charge in [-0.15, -0.1) is 0 Å². The van der Waals surface area contributed by atoms with E-state index >= 15 is 0 Å². The third-order valence-electron chi connectivity index (χ3n) is 2.93. The van der Waals surface area contributed by atoms with Crippen molar-refractivity contribution in [3.63, 3.8) is 0 Å². The fourth-order valence-corrected chi connectivity index (χ4v) is 1.84. The third kappa shape index (κ3) is 4.69. The Bertz CT molecular complexity index is 646. The number of anilines is 1. The largest absolute Gasteiger partial charge is 0.366 e. The van der Waals surface area contributed by atoms with E-state index in [1.54, 1.807) is 6.08 Å². The number of pyridine rings is 1. The standard InChI is InChI=1S/C13H13N3O4.C2H6/c17-12-6-7-14-8-11(12)15-13(18)9-2-1-3-10(5-4-9)16(19)20;1-2/h2,4-8,10H,1,3H2,(H,14,17)(H,15,18);1-2H3. The highest BCUT2D eigenvalue weighted by Gasteiger charge is 2.19. The molecular weight excluding hydrogens is 286 g/mol. The van der Waals surface area contributed by atoms with Gasteiger partial charge in [-0.3, -0.25) is 19.7 Å². The Kier molecular flexibility index (Phi) is 6.75. The molecule has 0 radical (unpaired) electrons.